The molecule has 0 bridgehead atoms. The summed E-state index contributed by atoms with van der Waals surface area (Å²) in [6.07, 6.45) is 9.41. The van der Waals surface area contributed by atoms with Gasteiger partial charge in [0, 0.05) is 12.0 Å². The van der Waals surface area contributed by atoms with Gasteiger partial charge in [-0.25, -0.2) is 0 Å². The van der Waals surface area contributed by atoms with Crippen LogP contribution in [-0.4, -0.2) is 21.2 Å². The first-order valence-electron chi connectivity index (χ1n) is 10.1. The Morgan fingerprint density at radius 2 is 2.04 bits per heavy atom. The second-order valence-corrected chi connectivity index (χ2v) is 14.2. The van der Waals surface area contributed by atoms with Crippen molar-refractivity contribution in [2.45, 2.75) is 65.6 Å². The molecule has 1 heterocycles. The van der Waals surface area contributed by atoms with Crippen molar-refractivity contribution in [2.24, 2.45) is 17.8 Å². The van der Waals surface area contributed by atoms with Crippen molar-refractivity contribution in [1.29, 1.82) is 0 Å². The fourth-order valence-electron chi connectivity index (χ4n) is 3.36. The molecule has 1 aromatic heterocycles. The molecule has 1 aromatic rings. The van der Waals surface area contributed by atoms with Gasteiger partial charge in [0.1, 0.15) is 17.8 Å². The van der Waals surface area contributed by atoms with E-state index in [0.717, 1.165) is 29.8 Å². The fourth-order valence-corrected chi connectivity index (χ4v) is 4.31. The zero-order valence-corrected chi connectivity index (χ0v) is 19.0. The third-order valence-corrected chi connectivity index (χ3v) is 10.8. The molecule has 150 valence electrons. The minimum atomic E-state index is -1.86. The van der Waals surface area contributed by atoms with Gasteiger partial charge in [-0.05, 0) is 61.4 Å². The molecule has 1 aliphatic carbocycles. The van der Waals surface area contributed by atoms with E-state index in [4.69, 9.17) is 8.84 Å². The maximum Gasteiger partial charge on any atom is 0.192 e. The smallest absolute Gasteiger partial charge is 0.192 e. The molecule has 0 aromatic carbocycles. The Kier molecular flexibility index (Phi) is 7.09. The molecule has 3 atom stereocenters. The van der Waals surface area contributed by atoms with Gasteiger partial charge in [-0.2, -0.15) is 0 Å². The zero-order chi connectivity index (χ0) is 20.2. The second-order valence-electron chi connectivity index (χ2n) is 9.41. The van der Waals surface area contributed by atoms with Crippen LogP contribution in [0.15, 0.2) is 34.8 Å². The number of allylic oxidation sites excluding steroid dienone is 3. The molecule has 0 unspecified atom stereocenters. The molecule has 0 saturated carbocycles. The Hall–Kier alpha value is -1.39. The second kappa shape index (κ2) is 8.74. The van der Waals surface area contributed by atoms with Gasteiger partial charge < -0.3 is 13.6 Å². The van der Waals surface area contributed by atoms with Crippen molar-refractivity contribution >= 4 is 20.2 Å². The molecule has 0 N–H and O–H groups in total. The normalized spacial score (nSPS) is 24.3. The zero-order valence-electron chi connectivity index (χ0n) is 18.0. The Morgan fingerprint density at radius 3 is 2.59 bits per heavy atom. The number of rotatable bonds is 7. The van der Waals surface area contributed by atoms with E-state index in [2.05, 4.69) is 59.0 Å². The number of carbonyl (C=O) groups is 1. The first kappa shape index (κ1) is 21.9. The molecule has 4 heteroatoms. The molecule has 2 rings (SSSR count). The highest BCUT2D eigenvalue weighted by atomic mass is 28.4. The summed E-state index contributed by atoms with van der Waals surface area (Å²) in [6.45, 7) is 16.1. The Labute approximate surface area is 166 Å². The van der Waals surface area contributed by atoms with Gasteiger partial charge in [-0.15, -0.1) is 0 Å². The lowest BCUT2D eigenvalue weighted by Crippen LogP contribution is -2.41. The van der Waals surface area contributed by atoms with Crippen molar-refractivity contribution in [3.05, 3.63) is 41.9 Å². The van der Waals surface area contributed by atoms with Crippen molar-refractivity contribution < 1.29 is 13.6 Å². The molecule has 0 saturated heterocycles. The van der Waals surface area contributed by atoms with Crippen LogP contribution in [0.2, 0.25) is 18.1 Å². The maximum atomic E-state index is 11.2. The SMILES string of the molecule is Cc1ccc(/C(=C\[C@H]2[C@@H](CC=O)CC=C[C@H]2C)CO[Si](C)(C)C(C)(C)C)o1. The van der Waals surface area contributed by atoms with Gasteiger partial charge in [0.2, 0.25) is 0 Å². The number of carbonyl (C=O) groups excluding carboxylic acids is 1. The average Bonchev–Trinajstić information content (AvgIpc) is 2.99. The highest BCUT2D eigenvalue weighted by Gasteiger charge is 2.37. The summed E-state index contributed by atoms with van der Waals surface area (Å²) in [4.78, 5) is 11.2. The fraction of sp³-hybridized carbons (Fsp3) is 0.609. The van der Waals surface area contributed by atoms with Crippen molar-refractivity contribution in [2.75, 3.05) is 6.61 Å². The number of hydrogen-bond acceptors (Lipinski definition) is 3. The minimum Gasteiger partial charge on any atom is -0.462 e. The van der Waals surface area contributed by atoms with Gasteiger partial charge in [0.15, 0.2) is 8.32 Å². The summed E-state index contributed by atoms with van der Waals surface area (Å²) in [5.74, 6) is 2.87. The predicted octanol–water partition coefficient (Wildman–Crippen LogP) is 6.41. The number of hydrogen-bond donors (Lipinski definition) is 0. The summed E-state index contributed by atoms with van der Waals surface area (Å²) in [7, 11) is -1.86. The monoisotopic (exact) mass is 388 g/mol. The van der Waals surface area contributed by atoms with Gasteiger partial charge >= 0.3 is 0 Å². The average molecular weight is 389 g/mol. The molecular weight excluding hydrogens is 352 g/mol. The first-order chi connectivity index (χ1) is 12.5. The standard InChI is InChI=1S/C23H36O3Si/c1-17-9-8-10-19(13-14-24)21(17)15-20(22-12-11-18(2)26-22)16-25-27(6,7)23(3,4)5/h8-9,11-12,14-15,17,19,21H,10,13,16H2,1-7H3/b20-15-/t17-,19-,21-/m1/s1. The maximum absolute atomic E-state index is 11.2. The van der Waals surface area contributed by atoms with E-state index in [1.54, 1.807) is 0 Å². The van der Waals surface area contributed by atoms with E-state index in [-0.39, 0.29) is 5.04 Å². The van der Waals surface area contributed by atoms with Crippen LogP contribution in [0, 0.1) is 24.7 Å². The summed E-state index contributed by atoms with van der Waals surface area (Å²) >= 11 is 0. The van der Waals surface area contributed by atoms with Gasteiger partial charge in [-0.3, -0.25) is 0 Å². The van der Waals surface area contributed by atoms with E-state index in [1.165, 1.54) is 0 Å². The molecule has 0 radical (unpaired) electrons. The van der Waals surface area contributed by atoms with Crippen LogP contribution in [-0.2, 0) is 9.22 Å². The topological polar surface area (TPSA) is 39.4 Å². The summed E-state index contributed by atoms with van der Waals surface area (Å²) < 4.78 is 12.5. The Morgan fingerprint density at radius 1 is 1.33 bits per heavy atom. The molecule has 3 nitrogen and oxygen atoms in total. The minimum absolute atomic E-state index is 0.165. The van der Waals surface area contributed by atoms with Crippen LogP contribution in [0.25, 0.3) is 5.57 Å². The lowest BCUT2D eigenvalue weighted by molar-refractivity contribution is -0.108. The molecule has 1 aliphatic rings. The van der Waals surface area contributed by atoms with E-state index < -0.39 is 8.32 Å². The molecule has 0 amide bonds. The van der Waals surface area contributed by atoms with Crippen LogP contribution in [0.3, 0.4) is 0 Å². The van der Waals surface area contributed by atoms with Crippen molar-refractivity contribution in [3.8, 4) is 0 Å². The molecular formula is C23H36O3Si. The van der Waals surface area contributed by atoms with Crippen LogP contribution in [0.1, 0.15) is 52.1 Å². The van der Waals surface area contributed by atoms with Crippen LogP contribution in [0.5, 0.6) is 0 Å². The quantitative estimate of drug-likeness (QED) is 0.308. The summed E-state index contributed by atoms with van der Waals surface area (Å²) in [5, 5.41) is 0.165. The highest BCUT2D eigenvalue weighted by Crippen LogP contribution is 2.39. The molecule has 0 spiro atoms. The van der Waals surface area contributed by atoms with E-state index in [1.807, 2.05) is 19.1 Å². The summed E-state index contributed by atoms with van der Waals surface area (Å²) in [6, 6.07) is 4.04. The van der Waals surface area contributed by atoms with Gasteiger partial charge in [-0.1, -0.05) is 45.9 Å². The van der Waals surface area contributed by atoms with Gasteiger partial charge in [0.25, 0.3) is 0 Å². The first-order valence-corrected chi connectivity index (χ1v) is 13.0. The van der Waals surface area contributed by atoms with Crippen molar-refractivity contribution in [1.82, 2.24) is 0 Å². The largest absolute Gasteiger partial charge is 0.462 e. The van der Waals surface area contributed by atoms with Crippen LogP contribution < -0.4 is 0 Å². The number of aldehydes is 1. The molecule has 0 fully saturated rings. The Bertz CT molecular complexity index is 691. The predicted molar refractivity (Wildman–Crippen MR) is 115 cm³/mol. The lowest BCUT2D eigenvalue weighted by Gasteiger charge is -2.36. The summed E-state index contributed by atoms with van der Waals surface area (Å²) in [5.41, 5.74) is 1.11. The molecule has 0 aliphatic heterocycles. The molecule has 27 heavy (non-hydrogen) atoms. The van der Waals surface area contributed by atoms with E-state index >= 15 is 0 Å². The van der Waals surface area contributed by atoms with Crippen LogP contribution in [0.4, 0.5) is 0 Å². The number of aryl methyl sites for hydroxylation is 1. The third kappa shape index (κ3) is 5.55. The Balaban J connectivity index is 2.33. The van der Waals surface area contributed by atoms with E-state index in [9.17, 15) is 4.79 Å². The third-order valence-electron chi connectivity index (χ3n) is 6.27. The van der Waals surface area contributed by atoms with Crippen molar-refractivity contribution in [3.63, 3.8) is 0 Å². The highest BCUT2D eigenvalue weighted by molar-refractivity contribution is 6.74. The van der Waals surface area contributed by atoms with Crippen LogP contribution >= 0.6 is 0 Å². The van der Waals surface area contributed by atoms with E-state index in [0.29, 0.717) is 30.8 Å². The lowest BCUT2D eigenvalue weighted by atomic mass is 9.74. The number of furan rings is 1. The van der Waals surface area contributed by atoms with Gasteiger partial charge in [0.05, 0.1) is 6.61 Å².